The fourth-order valence-electron chi connectivity index (χ4n) is 4.69. The molecule has 1 saturated heterocycles. The zero-order valence-electron chi connectivity index (χ0n) is 21.0. The number of amides is 3. The number of carbonyl (C=O) groups excluding carboxylic acids is 3. The third-order valence-electron chi connectivity index (χ3n) is 6.86. The fourth-order valence-corrected chi connectivity index (χ4v) is 5.52. The fraction of sp³-hybridized carbons (Fsp3) is 0.370. The quantitative estimate of drug-likeness (QED) is 0.562. The molecule has 0 radical (unpaired) electrons. The van der Waals surface area contributed by atoms with Gasteiger partial charge in [-0.15, -0.1) is 0 Å². The van der Waals surface area contributed by atoms with E-state index >= 15 is 0 Å². The minimum atomic E-state index is -0.451. The van der Waals surface area contributed by atoms with Gasteiger partial charge in [-0.25, -0.2) is 0 Å². The van der Waals surface area contributed by atoms with Crippen LogP contribution in [0, 0.1) is 6.92 Å². The SMILES string of the molecule is COc1ccc(NC(=O)CN2C(=O)S/C(=C\c3cc4c(cc3C)N(C)C(C)(C)C[C@@H]4C)C2=O)cc1. The van der Waals surface area contributed by atoms with Crippen molar-refractivity contribution in [1.82, 2.24) is 4.90 Å². The van der Waals surface area contributed by atoms with Crippen molar-refractivity contribution in [2.24, 2.45) is 0 Å². The minimum Gasteiger partial charge on any atom is -0.497 e. The van der Waals surface area contributed by atoms with E-state index in [0.29, 0.717) is 22.3 Å². The van der Waals surface area contributed by atoms with Crippen LogP contribution in [0.5, 0.6) is 5.75 Å². The van der Waals surface area contributed by atoms with Crippen molar-refractivity contribution >= 4 is 46.3 Å². The van der Waals surface area contributed by atoms with Gasteiger partial charge in [0.05, 0.1) is 12.0 Å². The Hall–Kier alpha value is -3.26. The highest BCUT2D eigenvalue weighted by molar-refractivity contribution is 8.18. The van der Waals surface area contributed by atoms with E-state index in [2.05, 4.69) is 50.2 Å². The van der Waals surface area contributed by atoms with Crippen molar-refractivity contribution in [3.63, 3.8) is 0 Å². The van der Waals surface area contributed by atoms with Crippen molar-refractivity contribution in [2.45, 2.75) is 45.6 Å². The number of ether oxygens (including phenoxy) is 1. The molecular formula is C27H31N3O4S. The Morgan fingerprint density at radius 1 is 1.23 bits per heavy atom. The number of imide groups is 1. The number of carbonyl (C=O) groups is 3. The average molecular weight is 494 g/mol. The summed E-state index contributed by atoms with van der Waals surface area (Å²) in [6.45, 7) is 8.39. The molecule has 2 heterocycles. The molecule has 2 aromatic rings. The van der Waals surface area contributed by atoms with Gasteiger partial charge in [-0.3, -0.25) is 19.3 Å². The van der Waals surface area contributed by atoms with Gasteiger partial charge in [0.15, 0.2) is 0 Å². The summed E-state index contributed by atoms with van der Waals surface area (Å²) in [6, 6.07) is 11.1. The van der Waals surface area contributed by atoms with E-state index in [1.165, 1.54) is 11.3 Å². The summed E-state index contributed by atoms with van der Waals surface area (Å²) in [5.41, 5.74) is 5.01. The largest absolute Gasteiger partial charge is 0.497 e. The molecule has 2 aromatic carbocycles. The molecule has 0 aliphatic carbocycles. The molecule has 0 spiro atoms. The highest BCUT2D eigenvalue weighted by Crippen LogP contribution is 2.44. The molecule has 0 bridgehead atoms. The maximum absolute atomic E-state index is 13.0. The molecule has 0 aromatic heterocycles. The first-order valence-corrected chi connectivity index (χ1v) is 12.4. The smallest absolute Gasteiger partial charge is 0.294 e. The number of hydrogen-bond donors (Lipinski definition) is 1. The highest BCUT2D eigenvalue weighted by Gasteiger charge is 2.37. The van der Waals surface area contributed by atoms with E-state index in [9.17, 15) is 14.4 Å². The lowest BCUT2D eigenvalue weighted by Gasteiger charge is -2.45. The molecule has 1 N–H and O–H groups in total. The molecule has 2 aliphatic rings. The predicted molar refractivity (Wildman–Crippen MR) is 141 cm³/mol. The van der Waals surface area contributed by atoms with Gasteiger partial charge in [-0.2, -0.15) is 0 Å². The molecule has 2 aliphatic heterocycles. The normalized spacial score (nSPS) is 20.3. The van der Waals surface area contributed by atoms with Crippen LogP contribution in [0.3, 0.4) is 0 Å². The maximum Gasteiger partial charge on any atom is 0.294 e. The van der Waals surface area contributed by atoms with Crippen LogP contribution < -0.4 is 15.0 Å². The van der Waals surface area contributed by atoms with Crippen LogP contribution in [0.1, 0.15) is 49.8 Å². The van der Waals surface area contributed by atoms with Crippen LogP contribution in [0.4, 0.5) is 16.2 Å². The third kappa shape index (κ3) is 4.93. The van der Waals surface area contributed by atoms with Gasteiger partial charge >= 0.3 is 0 Å². The number of benzene rings is 2. The number of aryl methyl sites for hydroxylation is 1. The van der Waals surface area contributed by atoms with E-state index < -0.39 is 17.1 Å². The summed E-state index contributed by atoms with van der Waals surface area (Å²) in [5.74, 6) is 0.151. The predicted octanol–water partition coefficient (Wildman–Crippen LogP) is 5.40. The zero-order valence-corrected chi connectivity index (χ0v) is 21.8. The van der Waals surface area contributed by atoms with Crippen molar-refractivity contribution in [3.8, 4) is 5.75 Å². The second-order valence-corrected chi connectivity index (χ2v) is 10.8. The van der Waals surface area contributed by atoms with Crippen LogP contribution in [-0.2, 0) is 9.59 Å². The van der Waals surface area contributed by atoms with Gasteiger partial charge in [-0.05, 0) is 104 Å². The van der Waals surface area contributed by atoms with Gasteiger partial charge in [0.2, 0.25) is 5.91 Å². The lowest BCUT2D eigenvalue weighted by molar-refractivity contribution is -0.127. The number of nitrogens with zero attached hydrogens (tertiary/aromatic N) is 2. The van der Waals surface area contributed by atoms with E-state index in [4.69, 9.17) is 4.74 Å². The Balaban J connectivity index is 1.52. The molecule has 1 atom stereocenters. The van der Waals surface area contributed by atoms with Crippen molar-refractivity contribution < 1.29 is 19.1 Å². The zero-order chi connectivity index (χ0) is 25.5. The summed E-state index contributed by atoms with van der Waals surface area (Å²) in [4.78, 5) is 41.7. The Bertz CT molecular complexity index is 1220. The molecule has 0 unspecified atom stereocenters. The van der Waals surface area contributed by atoms with E-state index in [0.717, 1.165) is 34.2 Å². The average Bonchev–Trinajstić information content (AvgIpc) is 3.06. The summed E-state index contributed by atoms with van der Waals surface area (Å²) >= 11 is 0.869. The van der Waals surface area contributed by atoms with Crippen LogP contribution in [0.25, 0.3) is 6.08 Å². The van der Waals surface area contributed by atoms with Gasteiger partial charge in [0.25, 0.3) is 11.1 Å². The van der Waals surface area contributed by atoms with Gasteiger partial charge in [0.1, 0.15) is 12.3 Å². The molecule has 35 heavy (non-hydrogen) atoms. The minimum absolute atomic E-state index is 0.0649. The Labute approximate surface area is 210 Å². The number of thioether (sulfide) groups is 1. The summed E-state index contributed by atoms with van der Waals surface area (Å²) < 4.78 is 5.11. The van der Waals surface area contributed by atoms with Crippen LogP contribution >= 0.6 is 11.8 Å². The molecule has 4 rings (SSSR count). The number of hydrogen-bond acceptors (Lipinski definition) is 6. The van der Waals surface area contributed by atoms with Crippen molar-refractivity contribution in [2.75, 3.05) is 30.9 Å². The number of nitrogens with one attached hydrogen (secondary N) is 1. The van der Waals surface area contributed by atoms with Crippen molar-refractivity contribution in [1.29, 1.82) is 0 Å². The Morgan fingerprint density at radius 3 is 2.57 bits per heavy atom. The Kier molecular flexibility index (Phi) is 6.68. The number of methoxy groups -OCH3 is 1. The van der Waals surface area contributed by atoms with Crippen LogP contribution in [-0.4, -0.2) is 48.2 Å². The molecule has 1 fully saturated rings. The van der Waals surface area contributed by atoms with Crippen LogP contribution in [0.2, 0.25) is 0 Å². The lowest BCUT2D eigenvalue weighted by Crippen LogP contribution is -2.45. The second-order valence-electron chi connectivity index (χ2n) is 9.79. The molecule has 7 nitrogen and oxygen atoms in total. The van der Waals surface area contributed by atoms with E-state index in [1.54, 1.807) is 37.5 Å². The molecule has 3 amide bonds. The standard InChI is InChI=1S/C27H31N3O4S/c1-16-11-22-21(17(2)14-27(3,4)29(22)5)12-18(16)13-23-25(32)30(26(33)35-23)15-24(31)28-19-7-9-20(34-6)10-8-19/h7-13,17H,14-15H2,1-6H3,(H,28,31)/b23-13-/t17-/m0/s1. The topological polar surface area (TPSA) is 79.0 Å². The lowest BCUT2D eigenvalue weighted by atomic mass is 9.79. The summed E-state index contributed by atoms with van der Waals surface area (Å²) in [7, 11) is 3.68. The number of fused-ring (bicyclic) bond motifs is 1. The molecular weight excluding hydrogens is 462 g/mol. The molecule has 0 saturated carbocycles. The first-order valence-electron chi connectivity index (χ1n) is 11.6. The van der Waals surface area contributed by atoms with Crippen molar-refractivity contribution in [3.05, 3.63) is 58.0 Å². The molecule has 8 heteroatoms. The van der Waals surface area contributed by atoms with E-state index in [1.807, 2.05) is 6.92 Å². The third-order valence-corrected chi connectivity index (χ3v) is 7.76. The highest BCUT2D eigenvalue weighted by atomic mass is 32.2. The maximum atomic E-state index is 13.0. The Morgan fingerprint density at radius 2 is 1.91 bits per heavy atom. The van der Waals surface area contributed by atoms with Gasteiger partial charge in [0, 0.05) is 24.0 Å². The van der Waals surface area contributed by atoms with Crippen LogP contribution in [0.15, 0.2) is 41.3 Å². The summed E-state index contributed by atoms with van der Waals surface area (Å²) in [6.07, 6.45) is 2.80. The monoisotopic (exact) mass is 493 g/mol. The number of rotatable bonds is 5. The van der Waals surface area contributed by atoms with Gasteiger partial charge in [-0.1, -0.05) is 6.92 Å². The van der Waals surface area contributed by atoms with E-state index in [-0.39, 0.29) is 12.1 Å². The first kappa shape index (κ1) is 24.9. The summed E-state index contributed by atoms with van der Waals surface area (Å²) in [5, 5.41) is 2.26. The second kappa shape index (κ2) is 9.41. The number of anilines is 2. The first-order chi connectivity index (χ1) is 16.5. The van der Waals surface area contributed by atoms with Gasteiger partial charge < -0.3 is 15.0 Å². The molecule has 184 valence electrons.